The summed E-state index contributed by atoms with van der Waals surface area (Å²) < 4.78 is 33.7. The Morgan fingerprint density at radius 1 is 1.00 bits per heavy atom. The topological polar surface area (TPSA) is 90.6 Å². The highest BCUT2D eigenvalue weighted by Gasteiger charge is 2.41. The number of carbonyl (C=O) groups is 1. The van der Waals surface area contributed by atoms with E-state index >= 15 is 0 Å². The lowest BCUT2D eigenvalue weighted by Gasteiger charge is -2.38. The first-order chi connectivity index (χ1) is 13.4. The Kier molecular flexibility index (Phi) is 3.96. The summed E-state index contributed by atoms with van der Waals surface area (Å²) in [5.74, 6) is 0.0442. The van der Waals surface area contributed by atoms with Crippen molar-refractivity contribution in [3.8, 4) is 11.4 Å². The Labute approximate surface area is 167 Å². The van der Waals surface area contributed by atoms with Crippen molar-refractivity contribution in [1.29, 1.82) is 0 Å². The molecule has 152 valence electrons. The van der Waals surface area contributed by atoms with Crippen molar-refractivity contribution in [3.63, 3.8) is 0 Å². The zero-order valence-electron chi connectivity index (χ0n) is 16.8. The summed E-state index contributed by atoms with van der Waals surface area (Å²) in [6, 6.07) is 6.48. The van der Waals surface area contributed by atoms with Gasteiger partial charge in [0.05, 0.1) is 16.3 Å². The number of rotatable bonds is 2. The average Bonchev–Trinajstić information content (AvgIpc) is 3.06. The third-order valence-electron chi connectivity index (χ3n) is 5.17. The summed E-state index contributed by atoms with van der Waals surface area (Å²) in [6.07, 6.45) is 4.46. The van der Waals surface area contributed by atoms with Gasteiger partial charge in [-0.25, -0.2) is 8.42 Å². The number of hydrogen-bond donors (Lipinski definition) is 0. The van der Waals surface area contributed by atoms with Gasteiger partial charge in [0.1, 0.15) is 5.52 Å². The minimum atomic E-state index is -3.58. The number of hydrogen-bond acceptors (Lipinski definition) is 5. The minimum Gasteiger partial charge on any atom is -0.474 e. The molecule has 8 nitrogen and oxygen atoms in total. The quantitative estimate of drug-likeness (QED) is 0.637. The largest absolute Gasteiger partial charge is 0.474 e. The highest BCUT2D eigenvalue weighted by molar-refractivity contribution is 7.90. The monoisotopic (exact) mass is 415 g/mol. The predicted molar refractivity (Wildman–Crippen MR) is 110 cm³/mol. The smallest absolute Gasteiger partial charge is 0.275 e. The minimum absolute atomic E-state index is 0.0313. The van der Waals surface area contributed by atoms with Gasteiger partial charge in [-0.2, -0.15) is 0 Å². The normalized spacial score (nSPS) is 16.0. The average molecular weight is 415 g/mol. The van der Waals surface area contributed by atoms with Gasteiger partial charge in [-0.1, -0.05) is 0 Å². The van der Waals surface area contributed by atoms with Crippen molar-refractivity contribution >= 4 is 32.3 Å². The number of carbonyl (C=O) groups excluding carboxylic acids is 1. The molecular formula is C20H21N3O5S. The number of ether oxygens (including phenoxy) is 1. The molecule has 2 aromatic heterocycles. The molecule has 0 saturated heterocycles. The third-order valence-corrected chi connectivity index (χ3v) is 6.26. The molecule has 3 aromatic rings. The molecule has 0 aliphatic carbocycles. The van der Waals surface area contributed by atoms with Gasteiger partial charge in [0.15, 0.2) is 21.2 Å². The molecule has 0 unspecified atom stereocenters. The van der Waals surface area contributed by atoms with Crippen LogP contribution in [0.15, 0.2) is 46.3 Å². The van der Waals surface area contributed by atoms with Gasteiger partial charge in [0.25, 0.3) is 11.5 Å². The second kappa shape index (κ2) is 5.96. The lowest BCUT2D eigenvalue weighted by Crippen LogP contribution is -2.51. The number of fused-ring (bicyclic) bond motifs is 2. The number of likely N-dealkylation sites (N-methyl/N-ethyl adjacent to an activating group) is 1. The first kappa shape index (κ1) is 19.3. The van der Waals surface area contributed by atoms with Gasteiger partial charge in [0, 0.05) is 38.1 Å². The van der Waals surface area contributed by atoms with Crippen LogP contribution in [0.25, 0.3) is 16.6 Å². The van der Waals surface area contributed by atoms with E-state index in [2.05, 4.69) is 0 Å². The summed E-state index contributed by atoms with van der Waals surface area (Å²) in [7, 11) is -0.357. The number of amides is 1. The molecule has 0 saturated carbocycles. The molecule has 9 heteroatoms. The third kappa shape index (κ3) is 2.84. The molecular weight excluding hydrogens is 394 g/mol. The number of aryl methyl sites for hydroxylation is 1. The van der Waals surface area contributed by atoms with Crippen molar-refractivity contribution in [1.82, 2.24) is 9.13 Å². The molecule has 0 fully saturated rings. The van der Waals surface area contributed by atoms with Crippen LogP contribution in [0.5, 0.6) is 5.75 Å². The Hall–Kier alpha value is -3.07. The molecule has 0 spiro atoms. The van der Waals surface area contributed by atoms with Crippen molar-refractivity contribution in [2.24, 2.45) is 7.05 Å². The summed E-state index contributed by atoms with van der Waals surface area (Å²) >= 11 is 0. The Morgan fingerprint density at radius 2 is 1.62 bits per heavy atom. The van der Waals surface area contributed by atoms with Gasteiger partial charge in [-0.15, -0.1) is 0 Å². The highest BCUT2D eigenvalue weighted by Crippen LogP contribution is 2.43. The van der Waals surface area contributed by atoms with E-state index < -0.39 is 15.4 Å². The summed E-state index contributed by atoms with van der Waals surface area (Å²) in [5, 5.41) is 0.714. The summed E-state index contributed by atoms with van der Waals surface area (Å²) in [4.78, 5) is 26.9. The van der Waals surface area contributed by atoms with Crippen LogP contribution in [0.4, 0.5) is 5.69 Å². The van der Waals surface area contributed by atoms with E-state index in [1.165, 1.54) is 21.6 Å². The molecule has 1 aliphatic heterocycles. The van der Waals surface area contributed by atoms with E-state index in [-0.39, 0.29) is 16.4 Å². The van der Waals surface area contributed by atoms with Gasteiger partial charge >= 0.3 is 0 Å². The Morgan fingerprint density at radius 3 is 2.28 bits per heavy atom. The highest BCUT2D eigenvalue weighted by atomic mass is 32.2. The fourth-order valence-corrected chi connectivity index (χ4v) is 4.22. The van der Waals surface area contributed by atoms with Gasteiger partial charge in [0.2, 0.25) is 0 Å². The van der Waals surface area contributed by atoms with E-state index in [0.29, 0.717) is 28.0 Å². The number of aromatic nitrogens is 2. The van der Waals surface area contributed by atoms with Crippen molar-refractivity contribution in [3.05, 3.63) is 47.0 Å². The number of sulfone groups is 1. The molecule has 3 heterocycles. The number of pyridine rings is 1. The first-order valence-corrected chi connectivity index (χ1v) is 10.8. The first-order valence-electron chi connectivity index (χ1n) is 8.94. The predicted octanol–water partition coefficient (Wildman–Crippen LogP) is 1.87. The zero-order chi connectivity index (χ0) is 21.3. The maximum atomic E-state index is 12.8. The van der Waals surface area contributed by atoms with E-state index in [1.807, 2.05) is 0 Å². The number of benzene rings is 1. The molecule has 4 rings (SSSR count). The molecule has 0 radical (unpaired) electrons. The molecule has 1 aliphatic rings. The van der Waals surface area contributed by atoms with Crippen molar-refractivity contribution in [2.45, 2.75) is 24.3 Å². The van der Waals surface area contributed by atoms with Crippen LogP contribution in [0, 0.1) is 0 Å². The fraction of sp³-hybridized carbons (Fsp3) is 0.300. The zero-order valence-corrected chi connectivity index (χ0v) is 17.6. The van der Waals surface area contributed by atoms with E-state index in [1.54, 1.807) is 57.0 Å². The SMILES string of the molecule is CN1C(=O)C(C)(C)Oc2c1cc(S(C)(=O)=O)cc2-n1ccc2ccn(C)c(=O)c21. The lowest BCUT2D eigenvalue weighted by atomic mass is 10.0. The van der Waals surface area contributed by atoms with Crippen LogP contribution >= 0.6 is 0 Å². The Bertz CT molecular complexity index is 1350. The molecule has 29 heavy (non-hydrogen) atoms. The van der Waals surface area contributed by atoms with Gasteiger partial charge < -0.3 is 18.8 Å². The lowest BCUT2D eigenvalue weighted by molar-refractivity contribution is -0.132. The number of nitrogens with zero attached hydrogens (tertiary/aromatic N) is 3. The van der Waals surface area contributed by atoms with Crippen LogP contribution in [0.1, 0.15) is 13.8 Å². The molecule has 0 atom stereocenters. The van der Waals surface area contributed by atoms with Crippen LogP contribution < -0.4 is 15.2 Å². The van der Waals surface area contributed by atoms with E-state index in [4.69, 9.17) is 4.74 Å². The summed E-state index contributed by atoms with van der Waals surface area (Å²) in [5.41, 5.74) is -0.262. The van der Waals surface area contributed by atoms with Crippen LogP contribution in [0.3, 0.4) is 0 Å². The standard InChI is InChI=1S/C20H21N3O5S/c1-20(2)19(25)22(4)14-10-13(29(5,26)27)11-15(17(14)28-20)23-9-7-12-6-8-21(3)18(24)16(12)23/h6-11H,1-5H3. The van der Waals surface area contributed by atoms with E-state index in [9.17, 15) is 18.0 Å². The molecule has 1 amide bonds. The molecule has 1 aromatic carbocycles. The summed E-state index contributed by atoms with van der Waals surface area (Å²) in [6.45, 7) is 3.30. The van der Waals surface area contributed by atoms with Crippen LogP contribution in [-0.2, 0) is 21.7 Å². The van der Waals surface area contributed by atoms with Gasteiger partial charge in [-0.3, -0.25) is 9.59 Å². The van der Waals surface area contributed by atoms with Crippen LogP contribution in [-0.4, -0.2) is 42.4 Å². The maximum absolute atomic E-state index is 12.8. The molecule has 0 N–H and O–H groups in total. The van der Waals surface area contributed by atoms with E-state index in [0.717, 1.165) is 6.26 Å². The second-order valence-electron chi connectivity index (χ2n) is 7.76. The second-order valence-corrected chi connectivity index (χ2v) is 9.78. The van der Waals surface area contributed by atoms with Crippen molar-refractivity contribution < 1.29 is 17.9 Å². The van der Waals surface area contributed by atoms with Crippen LogP contribution in [0.2, 0.25) is 0 Å². The van der Waals surface area contributed by atoms with Crippen molar-refractivity contribution in [2.75, 3.05) is 18.2 Å². The Balaban J connectivity index is 2.14. The van der Waals surface area contributed by atoms with Gasteiger partial charge in [-0.05, 0) is 38.1 Å². The maximum Gasteiger partial charge on any atom is 0.275 e. The molecule has 0 bridgehead atoms. The number of anilines is 1. The fourth-order valence-electron chi connectivity index (χ4n) is 3.57.